The zero-order valence-electron chi connectivity index (χ0n) is 15.0. The molecule has 2 aliphatic rings. The largest absolute Gasteiger partial charge is 0.395 e. The molecule has 0 saturated carbocycles. The van der Waals surface area contributed by atoms with Crippen molar-refractivity contribution in [2.75, 3.05) is 44.2 Å². The third-order valence-corrected chi connectivity index (χ3v) is 6.36. The molecule has 0 bridgehead atoms. The van der Waals surface area contributed by atoms with Gasteiger partial charge in [-0.2, -0.15) is 0 Å². The Balaban J connectivity index is 1.57. The van der Waals surface area contributed by atoms with E-state index < -0.39 is 0 Å². The Bertz CT molecular complexity index is 785. The van der Waals surface area contributed by atoms with Gasteiger partial charge in [0, 0.05) is 49.9 Å². The lowest BCUT2D eigenvalue weighted by atomic mass is 9.84. The van der Waals surface area contributed by atoms with Crippen LogP contribution in [0.1, 0.15) is 39.0 Å². The summed E-state index contributed by atoms with van der Waals surface area (Å²) in [6.45, 7) is 6.33. The van der Waals surface area contributed by atoms with E-state index in [2.05, 4.69) is 26.2 Å². The summed E-state index contributed by atoms with van der Waals surface area (Å²) in [5.74, 6) is 1.14. The van der Waals surface area contributed by atoms with E-state index in [9.17, 15) is 4.79 Å². The van der Waals surface area contributed by atoms with Gasteiger partial charge >= 0.3 is 0 Å². The maximum atomic E-state index is 12.7. The van der Waals surface area contributed by atoms with Crippen molar-refractivity contribution in [3.63, 3.8) is 0 Å². The molecule has 1 atom stereocenters. The molecule has 1 N–H and O–H groups in total. The fraction of sp³-hybridized carbons (Fsp3) is 0.526. The Morgan fingerprint density at radius 3 is 2.73 bits per heavy atom. The van der Waals surface area contributed by atoms with E-state index >= 15 is 0 Å². The van der Waals surface area contributed by atoms with Crippen LogP contribution in [0.3, 0.4) is 0 Å². The van der Waals surface area contributed by atoms with Gasteiger partial charge in [0.1, 0.15) is 0 Å². The molecule has 1 saturated heterocycles. The second-order valence-electron chi connectivity index (χ2n) is 7.03. The second kappa shape index (κ2) is 7.42. The van der Waals surface area contributed by atoms with Crippen molar-refractivity contribution < 1.29 is 9.90 Å². The lowest BCUT2D eigenvalue weighted by Gasteiger charge is -2.35. The Labute approximate surface area is 157 Å². The summed E-state index contributed by atoms with van der Waals surface area (Å²) in [5.41, 5.74) is 2.44. The van der Waals surface area contributed by atoms with Crippen molar-refractivity contribution in [2.45, 2.75) is 25.7 Å². The van der Waals surface area contributed by atoms with Gasteiger partial charge in [-0.25, -0.2) is 9.97 Å². The highest BCUT2D eigenvalue weighted by Gasteiger charge is 2.31. The van der Waals surface area contributed by atoms with Crippen molar-refractivity contribution in [1.82, 2.24) is 14.9 Å². The highest BCUT2D eigenvalue weighted by molar-refractivity contribution is 7.10. The standard InChI is InChI=1S/C19H24N4O2S/c1-13-18-15(11-14(12-16(18)25)17-3-2-10-26-17)21-19(20-13)23-6-4-22(5-7-23)8-9-24/h2-3,10,14,24H,4-9,11-12H2,1H3/t14-/m1/s1. The van der Waals surface area contributed by atoms with Gasteiger partial charge in [-0.1, -0.05) is 6.07 Å². The molecule has 0 radical (unpaired) electrons. The molecule has 138 valence electrons. The van der Waals surface area contributed by atoms with Crippen LogP contribution in [0, 0.1) is 6.92 Å². The Kier molecular flexibility index (Phi) is 5.02. The third kappa shape index (κ3) is 3.39. The number of fused-ring (bicyclic) bond motifs is 1. The summed E-state index contributed by atoms with van der Waals surface area (Å²) in [5, 5.41) is 11.2. The van der Waals surface area contributed by atoms with Gasteiger partial charge in [-0.3, -0.25) is 9.69 Å². The van der Waals surface area contributed by atoms with Crippen LogP contribution in [0.5, 0.6) is 0 Å². The molecule has 1 fully saturated rings. The molecule has 2 aromatic heterocycles. The Morgan fingerprint density at radius 1 is 1.23 bits per heavy atom. The number of aryl methyl sites for hydroxylation is 1. The number of aromatic nitrogens is 2. The predicted molar refractivity (Wildman–Crippen MR) is 102 cm³/mol. The number of anilines is 1. The van der Waals surface area contributed by atoms with Gasteiger partial charge in [0.25, 0.3) is 0 Å². The zero-order valence-corrected chi connectivity index (χ0v) is 15.8. The average Bonchev–Trinajstić information content (AvgIpc) is 3.16. The number of ketones is 1. The van der Waals surface area contributed by atoms with Gasteiger partial charge in [0.2, 0.25) is 5.95 Å². The summed E-state index contributed by atoms with van der Waals surface area (Å²) in [7, 11) is 0. The number of hydrogen-bond donors (Lipinski definition) is 1. The predicted octanol–water partition coefficient (Wildman–Crippen LogP) is 1.87. The monoisotopic (exact) mass is 372 g/mol. The van der Waals surface area contributed by atoms with Crippen molar-refractivity contribution in [2.24, 2.45) is 0 Å². The van der Waals surface area contributed by atoms with E-state index in [1.54, 1.807) is 11.3 Å². The van der Waals surface area contributed by atoms with E-state index in [1.807, 2.05) is 13.0 Å². The molecule has 0 unspecified atom stereocenters. The number of Topliss-reactive ketones (excluding diaryl/α,β-unsaturated/α-hetero) is 1. The maximum absolute atomic E-state index is 12.7. The molecule has 6 nitrogen and oxygen atoms in total. The van der Waals surface area contributed by atoms with Gasteiger partial charge in [-0.15, -0.1) is 11.3 Å². The molecule has 7 heteroatoms. The van der Waals surface area contributed by atoms with Crippen LogP contribution >= 0.6 is 11.3 Å². The molecule has 3 heterocycles. The lowest BCUT2D eigenvalue weighted by molar-refractivity contribution is 0.0962. The van der Waals surface area contributed by atoms with Crippen LogP contribution in [0.2, 0.25) is 0 Å². The van der Waals surface area contributed by atoms with Crippen LogP contribution < -0.4 is 4.90 Å². The Morgan fingerprint density at radius 2 is 2.04 bits per heavy atom. The van der Waals surface area contributed by atoms with E-state index in [4.69, 9.17) is 10.1 Å². The molecule has 2 aromatic rings. The topological polar surface area (TPSA) is 69.6 Å². The second-order valence-corrected chi connectivity index (χ2v) is 8.01. The van der Waals surface area contributed by atoms with Gasteiger partial charge in [0.15, 0.2) is 5.78 Å². The van der Waals surface area contributed by atoms with Crippen LogP contribution in [0.15, 0.2) is 17.5 Å². The third-order valence-electron chi connectivity index (χ3n) is 5.32. The fourth-order valence-corrected chi connectivity index (χ4v) is 4.77. The van der Waals surface area contributed by atoms with Gasteiger partial charge in [0.05, 0.1) is 23.6 Å². The molecule has 0 spiro atoms. The summed E-state index contributed by atoms with van der Waals surface area (Å²) >= 11 is 1.72. The summed E-state index contributed by atoms with van der Waals surface area (Å²) in [4.78, 5) is 27.9. The van der Waals surface area contributed by atoms with Crippen molar-refractivity contribution >= 4 is 23.1 Å². The first-order valence-corrected chi connectivity index (χ1v) is 10.1. The highest BCUT2D eigenvalue weighted by atomic mass is 32.1. The number of rotatable bonds is 4. The molecule has 0 amide bonds. The highest BCUT2D eigenvalue weighted by Crippen LogP contribution is 2.35. The molecule has 1 aliphatic heterocycles. The smallest absolute Gasteiger partial charge is 0.225 e. The van der Waals surface area contributed by atoms with E-state index in [0.717, 1.165) is 62.0 Å². The van der Waals surface area contributed by atoms with Crippen molar-refractivity contribution in [3.8, 4) is 0 Å². The van der Waals surface area contributed by atoms with Crippen LogP contribution in [0.4, 0.5) is 5.95 Å². The minimum atomic E-state index is 0.168. The van der Waals surface area contributed by atoms with E-state index in [0.29, 0.717) is 6.42 Å². The van der Waals surface area contributed by atoms with E-state index in [-0.39, 0.29) is 18.3 Å². The molecule has 1 aliphatic carbocycles. The number of nitrogens with zero attached hydrogens (tertiary/aromatic N) is 4. The average molecular weight is 372 g/mol. The number of carbonyl (C=O) groups is 1. The first-order chi connectivity index (χ1) is 12.7. The minimum Gasteiger partial charge on any atom is -0.395 e. The maximum Gasteiger partial charge on any atom is 0.225 e. The number of thiophene rings is 1. The SMILES string of the molecule is Cc1nc(N2CCN(CCO)CC2)nc2c1C(=O)C[C@H](c1cccs1)C2. The molecular formula is C19H24N4O2S. The van der Waals surface area contributed by atoms with Crippen molar-refractivity contribution in [3.05, 3.63) is 39.3 Å². The van der Waals surface area contributed by atoms with Gasteiger partial charge in [-0.05, 0) is 24.8 Å². The number of piperazine rings is 1. The summed E-state index contributed by atoms with van der Waals surface area (Å²) in [6, 6.07) is 4.16. The first-order valence-electron chi connectivity index (χ1n) is 9.18. The zero-order chi connectivity index (χ0) is 18.1. The summed E-state index contributed by atoms with van der Waals surface area (Å²) in [6.07, 6.45) is 1.36. The van der Waals surface area contributed by atoms with Crippen molar-refractivity contribution in [1.29, 1.82) is 0 Å². The minimum absolute atomic E-state index is 0.168. The number of aliphatic hydroxyl groups excluding tert-OH is 1. The number of carbonyl (C=O) groups excluding carboxylic acids is 1. The lowest BCUT2D eigenvalue weighted by Crippen LogP contribution is -2.48. The quantitative estimate of drug-likeness (QED) is 0.884. The van der Waals surface area contributed by atoms with Crippen LogP contribution in [-0.4, -0.2) is 65.1 Å². The van der Waals surface area contributed by atoms with Gasteiger partial charge < -0.3 is 10.0 Å². The molecular weight excluding hydrogens is 348 g/mol. The Hall–Kier alpha value is -1.83. The molecule has 4 rings (SSSR count). The fourth-order valence-electron chi connectivity index (χ4n) is 3.94. The number of β-amino-alcohol motifs (C(OH)–C–C–N with tert-alkyl or cyclic N) is 1. The number of hydrogen-bond acceptors (Lipinski definition) is 7. The van der Waals surface area contributed by atoms with Crippen LogP contribution in [0.25, 0.3) is 0 Å². The van der Waals surface area contributed by atoms with E-state index in [1.165, 1.54) is 4.88 Å². The molecule has 26 heavy (non-hydrogen) atoms. The summed E-state index contributed by atoms with van der Waals surface area (Å²) < 4.78 is 0. The van der Waals surface area contributed by atoms with Crippen LogP contribution in [-0.2, 0) is 6.42 Å². The number of aliphatic hydroxyl groups is 1. The first kappa shape index (κ1) is 17.6. The normalized spacial score (nSPS) is 21.1. The molecule has 0 aromatic carbocycles.